The van der Waals surface area contributed by atoms with E-state index in [-0.39, 0.29) is 17.7 Å². The predicted octanol–water partition coefficient (Wildman–Crippen LogP) is 0.146. The molecule has 1 fully saturated rings. The molecule has 0 aromatic heterocycles. The minimum atomic E-state index is -0.422. The third-order valence-electron chi connectivity index (χ3n) is 2.88. The molecule has 5 heteroatoms. The first kappa shape index (κ1) is 14.0. The van der Waals surface area contributed by atoms with E-state index in [2.05, 4.69) is 17.6 Å². The van der Waals surface area contributed by atoms with Crippen molar-refractivity contribution in [3.63, 3.8) is 0 Å². The van der Waals surface area contributed by atoms with E-state index in [0.29, 0.717) is 13.1 Å². The normalized spacial score (nSPS) is 16.4. The summed E-state index contributed by atoms with van der Waals surface area (Å²) in [4.78, 5) is 22.8. The van der Waals surface area contributed by atoms with Gasteiger partial charge in [-0.1, -0.05) is 19.8 Å². The Hall–Kier alpha value is -1.10. The maximum absolute atomic E-state index is 11.5. The first-order valence-electron chi connectivity index (χ1n) is 6.46. The fourth-order valence-electron chi connectivity index (χ4n) is 1.55. The number of rotatable bonds is 8. The Bertz CT molecular complexity index is 264. The maximum Gasteiger partial charge on any atom is 0.236 e. The van der Waals surface area contributed by atoms with E-state index < -0.39 is 6.04 Å². The topological polar surface area (TPSA) is 84.2 Å². The first-order chi connectivity index (χ1) is 8.15. The van der Waals surface area contributed by atoms with E-state index in [0.717, 1.165) is 32.1 Å². The lowest BCUT2D eigenvalue weighted by Crippen LogP contribution is -2.43. The second-order valence-corrected chi connectivity index (χ2v) is 4.61. The number of carbonyl (C=O) groups is 2. The van der Waals surface area contributed by atoms with Crippen molar-refractivity contribution < 1.29 is 9.59 Å². The Morgan fingerprint density at radius 1 is 1.29 bits per heavy atom. The van der Waals surface area contributed by atoms with E-state index in [1.807, 2.05) is 0 Å². The Morgan fingerprint density at radius 2 is 1.94 bits per heavy atom. The van der Waals surface area contributed by atoms with Crippen LogP contribution in [0.25, 0.3) is 0 Å². The van der Waals surface area contributed by atoms with Crippen molar-refractivity contribution in [1.82, 2.24) is 10.6 Å². The fourth-order valence-corrected chi connectivity index (χ4v) is 1.55. The molecule has 5 nitrogen and oxygen atoms in total. The molecule has 0 spiro atoms. The summed E-state index contributed by atoms with van der Waals surface area (Å²) >= 11 is 0. The summed E-state index contributed by atoms with van der Waals surface area (Å²) in [5, 5.41) is 5.51. The van der Waals surface area contributed by atoms with Crippen LogP contribution in [0.5, 0.6) is 0 Å². The number of unbranched alkanes of at least 4 members (excludes halogenated alkanes) is 1. The van der Waals surface area contributed by atoms with E-state index in [9.17, 15) is 9.59 Å². The van der Waals surface area contributed by atoms with Crippen molar-refractivity contribution in [3.8, 4) is 0 Å². The molecule has 0 heterocycles. The molecule has 4 N–H and O–H groups in total. The molecule has 0 radical (unpaired) electrons. The van der Waals surface area contributed by atoms with Crippen LogP contribution in [0.4, 0.5) is 0 Å². The molecule has 98 valence electrons. The van der Waals surface area contributed by atoms with Gasteiger partial charge in [-0.15, -0.1) is 0 Å². The minimum absolute atomic E-state index is 0.106. The Kier molecular flexibility index (Phi) is 5.97. The number of hydrogen-bond donors (Lipinski definition) is 3. The van der Waals surface area contributed by atoms with E-state index in [1.54, 1.807) is 0 Å². The molecule has 0 aromatic rings. The van der Waals surface area contributed by atoms with Crippen molar-refractivity contribution in [2.24, 2.45) is 11.7 Å². The van der Waals surface area contributed by atoms with Gasteiger partial charge in [0.05, 0.1) is 6.04 Å². The summed E-state index contributed by atoms with van der Waals surface area (Å²) in [6, 6.07) is -0.422. The van der Waals surface area contributed by atoms with Crippen LogP contribution in [0.2, 0.25) is 0 Å². The van der Waals surface area contributed by atoms with Gasteiger partial charge in [-0.3, -0.25) is 9.59 Å². The van der Waals surface area contributed by atoms with Gasteiger partial charge in [-0.25, -0.2) is 0 Å². The van der Waals surface area contributed by atoms with Crippen LogP contribution in [0.1, 0.15) is 39.0 Å². The second-order valence-electron chi connectivity index (χ2n) is 4.61. The molecule has 1 unspecified atom stereocenters. The quantitative estimate of drug-likeness (QED) is 0.529. The van der Waals surface area contributed by atoms with Crippen LogP contribution >= 0.6 is 0 Å². The fraction of sp³-hybridized carbons (Fsp3) is 0.833. The average molecular weight is 241 g/mol. The molecule has 1 aliphatic carbocycles. The third kappa shape index (κ3) is 5.68. The lowest BCUT2D eigenvalue weighted by Gasteiger charge is -2.11. The molecule has 1 aliphatic rings. The average Bonchev–Trinajstić information content (AvgIpc) is 3.14. The Labute approximate surface area is 103 Å². The zero-order chi connectivity index (χ0) is 12.7. The van der Waals surface area contributed by atoms with Crippen molar-refractivity contribution in [2.75, 3.05) is 13.1 Å². The van der Waals surface area contributed by atoms with Gasteiger partial charge in [0.25, 0.3) is 0 Å². The van der Waals surface area contributed by atoms with E-state index in [1.165, 1.54) is 0 Å². The van der Waals surface area contributed by atoms with Gasteiger partial charge in [-0.05, 0) is 19.3 Å². The highest BCUT2D eigenvalue weighted by Gasteiger charge is 2.29. The van der Waals surface area contributed by atoms with Gasteiger partial charge in [0, 0.05) is 19.0 Å². The lowest BCUT2D eigenvalue weighted by atomic mass is 10.1. The lowest BCUT2D eigenvalue weighted by molar-refractivity contribution is -0.124. The number of nitrogens with one attached hydrogen (secondary N) is 2. The van der Waals surface area contributed by atoms with Crippen LogP contribution in [-0.4, -0.2) is 30.9 Å². The molecule has 2 amide bonds. The standard InChI is InChI=1S/C12H23N3O2/c1-2-3-4-10(13)12(17)15-8-7-14-11(16)9-5-6-9/h9-10H,2-8,13H2,1H3,(H,14,16)(H,15,17). The van der Waals surface area contributed by atoms with Crippen LogP contribution in [0, 0.1) is 5.92 Å². The first-order valence-corrected chi connectivity index (χ1v) is 6.46. The largest absolute Gasteiger partial charge is 0.354 e. The maximum atomic E-state index is 11.5. The van der Waals surface area contributed by atoms with Gasteiger partial charge in [0.2, 0.25) is 11.8 Å². The van der Waals surface area contributed by atoms with Crippen molar-refractivity contribution in [1.29, 1.82) is 0 Å². The summed E-state index contributed by atoms with van der Waals surface area (Å²) in [7, 11) is 0. The summed E-state index contributed by atoms with van der Waals surface area (Å²) in [6.45, 7) is 3.01. The highest BCUT2D eigenvalue weighted by atomic mass is 16.2. The molecule has 1 rings (SSSR count). The summed E-state index contributed by atoms with van der Waals surface area (Å²) in [5.74, 6) is 0.200. The molecule has 17 heavy (non-hydrogen) atoms. The summed E-state index contributed by atoms with van der Waals surface area (Å²) < 4.78 is 0. The zero-order valence-electron chi connectivity index (χ0n) is 10.5. The predicted molar refractivity (Wildman–Crippen MR) is 66.2 cm³/mol. The molecular weight excluding hydrogens is 218 g/mol. The van der Waals surface area contributed by atoms with Crippen LogP contribution in [0.15, 0.2) is 0 Å². The van der Waals surface area contributed by atoms with Gasteiger partial charge >= 0.3 is 0 Å². The number of carbonyl (C=O) groups excluding carboxylic acids is 2. The molecule has 0 aromatic carbocycles. The van der Waals surface area contributed by atoms with Crippen LogP contribution < -0.4 is 16.4 Å². The molecule has 0 aliphatic heterocycles. The zero-order valence-corrected chi connectivity index (χ0v) is 10.5. The van der Waals surface area contributed by atoms with Crippen molar-refractivity contribution in [2.45, 2.75) is 45.1 Å². The van der Waals surface area contributed by atoms with E-state index >= 15 is 0 Å². The third-order valence-corrected chi connectivity index (χ3v) is 2.88. The monoisotopic (exact) mass is 241 g/mol. The van der Waals surface area contributed by atoms with Gasteiger partial charge in [0.1, 0.15) is 0 Å². The summed E-state index contributed by atoms with van der Waals surface area (Å²) in [6.07, 6.45) is 4.72. The van der Waals surface area contributed by atoms with Crippen molar-refractivity contribution >= 4 is 11.8 Å². The van der Waals surface area contributed by atoms with E-state index in [4.69, 9.17) is 5.73 Å². The highest BCUT2D eigenvalue weighted by molar-refractivity contribution is 5.82. The Morgan fingerprint density at radius 3 is 2.53 bits per heavy atom. The summed E-state index contributed by atoms with van der Waals surface area (Å²) in [5.41, 5.74) is 5.70. The number of hydrogen-bond acceptors (Lipinski definition) is 3. The highest BCUT2D eigenvalue weighted by Crippen LogP contribution is 2.28. The van der Waals surface area contributed by atoms with Crippen LogP contribution in [-0.2, 0) is 9.59 Å². The smallest absolute Gasteiger partial charge is 0.236 e. The molecule has 1 atom stereocenters. The molecular formula is C12H23N3O2. The SMILES string of the molecule is CCCCC(N)C(=O)NCCNC(=O)C1CC1. The Balaban J connectivity index is 2.00. The minimum Gasteiger partial charge on any atom is -0.354 e. The van der Waals surface area contributed by atoms with Crippen LogP contribution in [0.3, 0.4) is 0 Å². The number of amides is 2. The molecule has 0 saturated heterocycles. The van der Waals surface area contributed by atoms with Gasteiger partial charge < -0.3 is 16.4 Å². The van der Waals surface area contributed by atoms with Gasteiger partial charge in [0.15, 0.2) is 0 Å². The molecule has 1 saturated carbocycles. The number of nitrogens with two attached hydrogens (primary N) is 1. The second kappa shape index (κ2) is 7.27. The van der Waals surface area contributed by atoms with Gasteiger partial charge in [-0.2, -0.15) is 0 Å². The van der Waals surface area contributed by atoms with Crippen molar-refractivity contribution in [3.05, 3.63) is 0 Å². The molecule has 0 bridgehead atoms.